The Bertz CT molecular complexity index is 1830. The van der Waals surface area contributed by atoms with E-state index in [2.05, 4.69) is 10.7 Å². The normalized spacial score (nSPS) is 24.7. The Kier molecular flexibility index (Phi) is 10.1. The number of allylic oxidation sites excluding steroid dienone is 1. The highest BCUT2D eigenvalue weighted by Gasteiger charge is 2.57. The lowest BCUT2D eigenvalue weighted by molar-refractivity contribution is -0.310. The molecule has 6 rings (SSSR count). The molecule has 13 nitrogen and oxygen atoms in total. The average molecular weight is 699 g/mol. The number of hydrogen-bond donors (Lipinski definition) is 2. The molecule has 1 aliphatic carbocycles. The van der Waals surface area contributed by atoms with Gasteiger partial charge in [-0.2, -0.15) is 0 Å². The molecular formula is C38H44N5O8-. The number of benzene rings is 2. The van der Waals surface area contributed by atoms with Crippen molar-refractivity contribution < 1.29 is 38.5 Å². The number of methoxy groups -OCH3 is 1. The van der Waals surface area contributed by atoms with Crippen molar-refractivity contribution in [2.45, 2.75) is 82.6 Å². The van der Waals surface area contributed by atoms with Crippen molar-refractivity contribution in [3.63, 3.8) is 0 Å². The highest BCUT2D eigenvalue weighted by Crippen LogP contribution is 2.45. The molecular weight excluding hydrogens is 654 g/mol. The van der Waals surface area contributed by atoms with Gasteiger partial charge in [-0.1, -0.05) is 48.9 Å². The van der Waals surface area contributed by atoms with E-state index >= 15 is 0 Å². The Labute approximate surface area is 296 Å². The Morgan fingerprint density at radius 2 is 1.84 bits per heavy atom. The second-order valence-electron chi connectivity index (χ2n) is 14.3. The van der Waals surface area contributed by atoms with Crippen LogP contribution in [0.5, 0.6) is 11.5 Å². The van der Waals surface area contributed by atoms with Crippen LogP contribution in [-0.4, -0.2) is 82.4 Å². The summed E-state index contributed by atoms with van der Waals surface area (Å²) in [6.07, 6.45) is 5.32. The SMILES string of the molecule is COc1ccc2c(OC3C[C@H]4C(=O)NC5(C(=O)[O-])C[C@H]5/C=C/CCCCCN(NC(=O)OC(C)(C)C)C(=O)N4C3)cc(-c3ccccc3)nc2c1. The summed E-state index contributed by atoms with van der Waals surface area (Å²) >= 11 is 0. The number of carboxylic acids is 1. The number of nitrogens with zero attached hydrogens (tertiary/aromatic N) is 3. The van der Waals surface area contributed by atoms with Crippen LogP contribution >= 0.6 is 0 Å². The molecule has 3 heterocycles. The molecule has 1 aromatic heterocycles. The van der Waals surface area contributed by atoms with Gasteiger partial charge in [-0.3, -0.25) is 4.79 Å². The highest BCUT2D eigenvalue weighted by molar-refractivity contribution is 5.94. The number of ether oxygens (including phenoxy) is 3. The summed E-state index contributed by atoms with van der Waals surface area (Å²) in [6.45, 7) is 5.30. The van der Waals surface area contributed by atoms with Crippen LogP contribution in [0.25, 0.3) is 22.2 Å². The van der Waals surface area contributed by atoms with E-state index in [1.165, 1.54) is 9.91 Å². The second-order valence-corrected chi connectivity index (χ2v) is 14.3. The van der Waals surface area contributed by atoms with Gasteiger partial charge in [0.05, 0.1) is 36.4 Å². The monoisotopic (exact) mass is 698 g/mol. The summed E-state index contributed by atoms with van der Waals surface area (Å²) in [7, 11) is 1.58. The largest absolute Gasteiger partial charge is 0.548 e. The summed E-state index contributed by atoms with van der Waals surface area (Å²) in [5, 5.41) is 17.0. The molecule has 2 N–H and O–H groups in total. The number of urea groups is 1. The van der Waals surface area contributed by atoms with Crippen molar-refractivity contribution in [2.75, 3.05) is 20.2 Å². The van der Waals surface area contributed by atoms with Crippen LogP contribution in [0, 0.1) is 5.92 Å². The van der Waals surface area contributed by atoms with E-state index in [0.29, 0.717) is 40.9 Å². The van der Waals surface area contributed by atoms with Crippen molar-refractivity contribution in [3.8, 4) is 22.8 Å². The fraction of sp³-hybridized carbons (Fsp3) is 0.447. The van der Waals surface area contributed by atoms with Crippen LogP contribution in [0.4, 0.5) is 9.59 Å². The minimum Gasteiger partial charge on any atom is -0.548 e. The van der Waals surface area contributed by atoms with Gasteiger partial charge in [-0.15, -0.1) is 0 Å². The number of aliphatic carboxylic acids is 1. The molecule has 4 amide bonds. The first-order chi connectivity index (χ1) is 24.4. The maximum atomic E-state index is 14.3. The van der Waals surface area contributed by atoms with Gasteiger partial charge in [0.25, 0.3) is 0 Å². The number of fused-ring (bicyclic) bond motifs is 3. The van der Waals surface area contributed by atoms with Crippen LogP contribution in [0.15, 0.2) is 66.7 Å². The van der Waals surface area contributed by atoms with E-state index in [1.807, 2.05) is 60.7 Å². The molecule has 3 aromatic rings. The first-order valence-electron chi connectivity index (χ1n) is 17.4. The molecule has 1 saturated carbocycles. The Morgan fingerprint density at radius 3 is 2.57 bits per heavy atom. The molecule has 0 spiro atoms. The number of hydrazine groups is 1. The minimum absolute atomic E-state index is 0.0221. The van der Waals surface area contributed by atoms with Gasteiger partial charge in [0.15, 0.2) is 0 Å². The summed E-state index contributed by atoms with van der Waals surface area (Å²) in [5.74, 6) is -1.33. The highest BCUT2D eigenvalue weighted by atomic mass is 16.6. The van der Waals surface area contributed by atoms with Crippen LogP contribution in [-0.2, 0) is 14.3 Å². The van der Waals surface area contributed by atoms with Gasteiger partial charge >= 0.3 is 12.1 Å². The van der Waals surface area contributed by atoms with Gasteiger partial charge in [0.2, 0.25) is 5.91 Å². The Hall–Kier alpha value is -5.33. The number of hydrogen-bond acceptors (Lipinski definition) is 9. The van der Waals surface area contributed by atoms with Crippen molar-refractivity contribution in [2.24, 2.45) is 5.92 Å². The van der Waals surface area contributed by atoms with E-state index < -0.39 is 53.2 Å². The number of carboxylic acid groups (broad SMARTS) is 1. The molecule has 2 aliphatic heterocycles. The van der Waals surface area contributed by atoms with Crippen molar-refractivity contribution in [3.05, 3.63) is 66.7 Å². The third-order valence-corrected chi connectivity index (χ3v) is 9.36. The number of carbonyl (C=O) groups is 4. The fourth-order valence-corrected chi connectivity index (χ4v) is 6.67. The van der Waals surface area contributed by atoms with Crippen molar-refractivity contribution in [1.29, 1.82) is 0 Å². The van der Waals surface area contributed by atoms with E-state index in [-0.39, 0.29) is 25.9 Å². The molecule has 3 aliphatic rings. The van der Waals surface area contributed by atoms with E-state index in [1.54, 1.807) is 33.9 Å². The smallest absolute Gasteiger partial charge is 0.426 e. The van der Waals surface area contributed by atoms with Crippen LogP contribution in [0.1, 0.15) is 59.3 Å². The molecule has 0 radical (unpaired) electrons. The maximum absolute atomic E-state index is 14.3. The number of carbonyl (C=O) groups excluding carboxylic acids is 4. The summed E-state index contributed by atoms with van der Waals surface area (Å²) in [4.78, 5) is 59.8. The lowest BCUT2D eigenvalue weighted by Gasteiger charge is -2.32. The molecule has 51 heavy (non-hydrogen) atoms. The molecule has 2 unspecified atom stereocenters. The lowest BCUT2D eigenvalue weighted by atomic mass is 10.1. The number of rotatable bonds is 6. The standard InChI is InChI=1S/C38H45N5O8/c1-37(2,3)51-35(47)41-43-18-12-7-5-6-11-15-25-22-38(25,34(45)46)40-33(44)31-20-27(23-42(31)36(43)48)50-32-21-29(24-13-9-8-10-14-24)39-30-19-26(49-4)16-17-28(30)32/h8-11,13-17,19,21,25,27,31H,5-7,12,18,20,22-23H2,1-4H3,(H,40,44)(H,41,47)(H,45,46)/p-1/b15-11+/t25-,27?,31+,38?/m1/s1. The molecule has 0 bridgehead atoms. The van der Waals surface area contributed by atoms with Crippen LogP contribution in [0.2, 0.25) is 0 Å². The predicted octanol–water partition coefficient (Wildman–Crippen LogP) is 4.35. The van der Waals surface area contributed by atoms with Gasteiger partial charge in [-0.25, -0.2) is 25.0 Å². The van der Waals surface area contributed by atoms with E-state index in [4.69, 9.17) is 19.2 Å². The van der Waals surface area contributed by atoms with Crippen LogP contribution < -0.4 is 25.3 Å². The van der Waals surface area contributed by atoms with Crippen molar-refractivity contribution in [1.82, 2.24) is 25.6 Å². The summed E-state index contributed by atoms with van der Waals surface area (Å²) < 4.78 is 17.5. The predicted molar refractivity (Wildman–Crippen MR) is 186 cm³/mol. The van der Waals surface area contributed by atoms with E-state index in [9.17, 15) is 24.3 Å². The molecule has 4 atom stereocenters. The summed E-state index contributed by atoms with van der Waals surface area (Å²) in [5.41, 5.74) is 2.35. The number of amides is 4. The minimum atomic E-state index is -1.57. The average Bonchev–Trinajstić information content (AvgIpc) is 3.63. The zero-order valence-electron chi connectivity index (χ0n) is 29.3. The molecule has 1 saturated heterocycles. The zero-order valence-corrected chi connectivity index (χ0v) is 29.3. The Morgan fingerprint density at radius 1 is 1.06 bits per heavy atom. The topological polar surface area (TPSA) is 162 Å². The number of pyridine rings is 1. The zero-order chi connectivity index (χ0) is 36.3. The second kappa shape index (κ2) is 14.5. The number of aromatic nitrogens is 1. The van der Waals surface area contributed by atoms with Gasteiger partial charge in [0.1, 0.15) is 29.2 Å². The third kappa shape index (κ3) is 8.03. The van der Waals surface area contributed by atoms with E-state index in [0.717, 1.165) is 18.4 Å². The fourth-order valence-electron chi connectivity index (χ4n) is 6.67. The van der Waals surface area contributed by atoms with Gasteiger partial charge in [0, 0.05) is 42.0 Å². The van der Waals surface area contributed by atoms with Crippen LogP contribution in [0.3, 0.4) is 0 Å². The third-order valence-electron chi connectivity index (χ3n) is 9.36. The first kappa shape index (κ1) is 35.5. The quantitative estimate of drug-likeness (QED) is 0.357. The summed E-state index contributed by atoms with van der Waals surface area (Å²) in [6, 6.07) is 15.1. The lowest BCUT2D eigenvalue weighted by Crippen LogP contribution is -2.59. The molecule has 13 heteroatoms. The first-order valence-corrected chi connectivity index (χ1v) is 17.4. The van der Waals surface area contributed by atoms with Gasteiger partial charge < -0.3 is 34.3 Å². The Balaban J connectivity index is 1.34. The maximum Gasteiger partial charge on any atom is 0.426 e. The molecule has 2 aromatic carbocycles. The number of nitrogens with one attached hydrogen (secondary N) is 2. The van der Waals surface area contributed by atoms with Crippen molar-refractivity contribution >= 4 is 34.9 Å². The molecule has 270 valence electrons. The molecule has 2 fully saturated rings. The van der Waals surface area contributed by atoms with Gasteiger partial charge in [-0.05, 0) is 58.6 Å².